The highest BCUT2D eigenvalue weighted by molar-refractivity contribution is 5.91. The lowest BCUT2D eigenvalue weighted by molar-refractivity contribution is 0.0488. The summed E-state index contributed by atoms with van der Waals surface area (Å²) in [6.45, 7) is 2.55. The lowest BCUT2D eigenvalue weighted by Gasteiger charge is -2.08. The summed E-state index contributed by atoms with van der Waals surface area (Å²) in [5, 5.41) is 0. The lowest BCUT2D eigenvalue weighted by Crippen LogP contribution is -2.06. The van der Waals surface area contributed by atoms with Gasteiger partial charge in [0.1, 0.15) is 0 Å². The predicted octanol–water partition coefficient (Wildman–Crippen LogP) is 9.39. The first-order chi connectivity index (χ1) is 21.7. The van der Waals surface area contributed by atoms with E-state index in [2.05, 4.69) is 0 Å². The molecule has 0 heterocycles. The average Bonchev–Trinajstić information content (AvgIpc) is 3.05. The minimum Gasteiger partial charge on any atom is -0.462 e. The zero-order valence-corrected chi connectivity index (χ0v) is 27.4. The Morgan fingerprint density at radius 2 is 0.636 bits per heavy atom. The van der Waals surface area contributed by atoms with Crippen molar-refractivity contribution in [3.05, 3.63) is 59.7 Å². The van der Waals surface area contributed by atoms with E-state index in [9.17, 15) is 9.59 Å². The van der Waals surface area contributed by atoms with Crippen molar-refractivity contribution in [2.75, 3.05) is 26.3 Å². The molecule has 6 nitrogen and oxygen atoms in total. The molecule has 0 fully saturated rings. The molecular formula is C38H60N2O4. The van der Waals surface area contributed by atoms with Crippen molar-refractivity contribution in [1.82, 2.24) is 0 Å². The van der Waals surface area contributed by atoms with Crippen LogP contribution in [-0.2, 0) is 9.47 Å². The zero-order valence-electron chi connectivity index (χ0n) is 27.4. The monoisotopic (exact) mass is 608 g/mol. The molecule has 0 amide bonds. The van der Waals surface area contributed by atoms with Crippen molar-refractivity contribution in [1.29, 1.82) is 0 Å². The molecule has 0 aliphatic heterocycles. The van der Waals surface area contributed by atoms with Crippen LogP contribution in [0.2, 0.25) is 0 Å². The fraction of sp³-hybridized carbons (Fsp3) is 0.632. The molecule has 0 unspecified atom stereocenters. The second-order valence-corrected chi connectivity index (χ2v) is 12.1. The second-order valence-electron chi connectivity index (χ2n) is 12.1. The third-order valence-corrected chi connectivity index (χ3v) is 8.24. The van der Waals surface area contributed by atoms with E-state index < -0.39 is 0 Å². The Balaban J connectivity index is 1.55. The molecule has 0 aliphatic carbocycles. The van der Waals surface area contributed by atoms with Crippen LogP contribution in [0.1, 0.15) is 149 Å². The Bertz CT molecular complexity index is 909. The van der Waals surface area contributed by atoms with Crippen LogP contribution < -0.4 is 11.5 Å². The van der Waals surface area contributed by atoms with Gasteiger partial charge in [0, 0.05) is 0 Å². The molecule has 0 aromatic heterocycles. The Morgan fingerprint density at radius 1 is 0.386 bits per heavy atom. The van der Waals surface area contributed by atoms with E-state index in [1.165, 1.54) is 89.9 Å². The Morgan fingerprint density at radius 3 is 0.909 bits per heavy atom. The van der Waals surface area contributed by atoms with Gasteiger partial charge in [0.25, 0.3) is 0 Å². The van der Waals surface area contributed by atoms with E-state index in [0.717, 1.165) is 62.7 Å². The van der Waals surface area contributed by atoms with Gasteiger partial charge in [-0.3, -0.25) is 0 Å². The van der Waals surface area contributed by atoms with Crippen LogP contribution in [0.25, 0.3) is 11.1 Å². The van der Waals surface area contributed by atoms with Crippen LogP contribution in [0.15, 0.2) is 48.5 Å². The number of nitrogens with two attached hydrogens (primary N) is 2. The van der Waals surface area contributed by atoms with E-state index in [1.54, 1.807) is 24.3 Å². The third-order valence-electron chi connectivity index (χ3n) is 8.24. The lowest BCUT2D eigenvalue weighted by atomic mass is 10.0. The average molecular weight is 609 g/mol. The Kier molecular flexibility index (Phi) is 21.8. The van der Waals surface area contributed by atoms with Crippen molar-refractivity contribution in [3.8, 4) is 11.1 Å². The molecule has 0 saturated heterocycles. The summed E-state index contributed by atoms with van der Waals surface area (Å²) in [5.41, 5.74) is 14.1. The van der Waals surface area contributed by atoms with Crippen LogP contribution in [0.3, 0.4) is 0 Å². The molecule has 0 spiro atoms. The molecule has 0 bridgehead atoms. The number of unbranched alkanes of at least 4 members (excludes halogenated alkanes) is 18. The second kappa shape index (κ2) is 25.6. The van der Waals surface area contributed by atoms with Gasteiger partial charge in [-0.2, -0.15) is 0 Å². The van der Waals surface area contributed by atoms with E-state index in [4.69, 9.17) is 20.9 Å². The molecule has 6 heteroatoms. The first kappa shape index (κ1) is 37.5. The number of hydrogen-bond acceptors (Lipinski definition) is 6. The molecule has 2 aromatic rings. The van der Waals surface area contributed by atoms with Crippen LogP contribution in [-0.4, -0.2) is 38.2 Å². The maximum absolute atomic E-state index is 12.4. The van der Waals surface area contributed by atoms with E-state index in [1.807, 2.05) is 24.3 Å². The molecular weight excluding hydrogens is 548 g/mol. The van der Waals surface area contributed by atoms with E-state index in [-0.39, 0.29) is 11.9 Å². The maximum atomic E-state index is 12.4. The molecule has 0 saturated carbocycles. The van der Waals surface area contributed by atoms with Gasteiger partial charge >= 0.3 is 11.9 Å². The third kappa shape index (κ3) is 17.6. The minimum absolute atomic E-state index is 0.277. The van der Waals surface area contributed by atoms with E-state index >= 15 is 0 Å². The number of carbonyl (C=O) groups is 2. The van der Waals surface area contributed by atoms with Gasteiger partial charge < -0.3 is 20.9 Å². The van der Waals surface area contributed by atoms with Gasteiger partial charge in [0.15, 0.2) is 0 Å². The van der Waals surface area contributed by atoms with Crippen molar-refractivity contribution in [2.45, 2.75) is 128 Å². The zero-order chi connectivity index (χ0) is 31.5. The first-order valence-corrected chi connectivity index (χ1v) is 17.6. The van der Waals surface area contributed by atoms with Crippen molar-refractivity contribution >= 4 is 11.9 Å². The van der Waals surface area contributed by atoms with Crippen LogP contribution in [0, 0.1) is 0 Å². The number of ether oxygens (including phenoxy) is 2. The summed E-state index contributed by atoms with van der Waals surface area (Å²) in [5.74, 6) is -0.553. The normalized spacial score (nSPS) is 11.0. The molecule has 0 atom stereocenters. The quantitative estimate of drug-likeness (QED) is 0.0773. The topological polar surface area (TPSA) is 105 Å². The standard InChI is InChI=1S/C38H60N2O4/c39-29-17-13-9-5-1-3-7-11-15-19-31-43-37(41)35-25-21-33(22-26-35)34-23-27-36(28-24-34)38(42)44-32-20-16-12-8-4-2-6-10-14-18-30-40/h21-28H,1-20,29-32,39-40H2. The Hall–Kier alpha value is -2.70. The number of carbonyl (C=O) groups excluding carboxylic acids is 2. The van der Waals surface area contributed by atoms with Gasteiger partial charge in [-0.05, 0) is 74.2 Å². The van der Waals surface area contributed by atoms with E-state index in [0.29, 0.717) is 24.3 Å². The molecule has 44 heavy (non-hydrogen) atoms. The smallest absolute Gasteiger partial charge is 0.338 e. The fourth-order valence-corrected chi connectivity index (χ4v) is 5.42. The summed E-state index contributed by atoms with van der Waals surface area (Å²) in [6, 6.07) is 14.9. The van der Waals surface area contributed by atoms with Gasteiger partial charge in [-0.1, -0.05) is 127 Å². The number of rotatable bonds is 27. The van der Waals surface area contributed by atoms with Crippen LogP contribution in [0.4, 0.5) is 0 Å². The first-order valence-electron chi connectivity index (χ1n) is 17.6. The summed E-state index contributed by atoms with van der Waals surface area (Å²) < 4.78 is 11.0. The molecule has 2 aromatic carbocycles. The van der Waals surface area contributed by atoms with Gasteiger partial charge in [-0.25, -0.2) is 9.59 Å². The van der Waals surface area contributed by atoms with Gasteiger partial charge in [0.2, 0.25) is 0 Å². The van der Waals surface area contributed by atoms with Crippen LogP contribution >= 0.6 is 0 Å². The summed E-state index contributed by atoms with van der Waals surface area (Å²) >= 11 is 0. The van der Waals surface area contributed by atoms with Gasteiger partial charge in [-0.15, -0.1) is 0 Å². The van der Waals surface area contributed by atoms with Gasteiger partial charge in [0.05, 0.1) is 24.3 Å². The fourth-order valence-electron chi connectivity index (χ4n) is 5.42. The molecule has 0 radical (unpaired) electrons. The number of benzene rings is 2. The summed E-state index contributed by atoms with van der Waals surface area (Å²) in [4.78, 5) is 24.9. The highest BCUT2D eigenvalue weighted by Crippen LogP contribution is 2.21. The molecule has 4 N–H and O–H groups in total. The highest BCUT2D eigenvalue weighted by atomic mass is 16.5. The number of hydrogen-bond donors (Lipinski definition) is 2. The molecule has 2 rings (SSSR count). The van der Waals surface area contributed by atoms with Crippen molar-refractivity contribution in [2.24, 2.45) is 11.5 Å². The minimum atomic E-state index is -0.277. The largest absolute Gasteiger partial charge is 0.462 e. The maximum Gasteiger partial charge on any atom is 0.338 e. The van der Waals surface area contributed by atoms with Crippen molar-refractivity contribution in [3.63, 3.8) is 0 Å². The van der Waals surface area contributed by atoms with Crippen LogP contribution in [0.5, 0.6) is 0 Å². The highest BCUT2D eigenvalue weighted by Gasteiger charge is 2.10. The predicted molar refractivity (Wildman–Crippen MR) is 183 cm³/mol. The molecule has 246 valence electrons. The summed E-state index contributed by atoms with van der Waals surface area (Å²) in [6.07, 6.45) is 24.2. The van der Waals surface area contributed by atoms with Crippen molar-refractivity contribution < 1.29 is 19.1 Å². The molecule has 0 aliphatic rings. The summed E-state index contributed by atoms with van der Waals surface area (Å²) in [7, 11) is 0. The Labute approximate surface area is 267 Å². The number of esters is 2. The SMILES string of the molecule is NCCCCCCCCCCCCOC(=O)c1ccc(-c2ccc(C(=O)OCCCCCCCCCCCCN)cc2)cc1.